The highest BCUT2D eigenvalue weighted by atomic mass is 79.9. The van der Waals surface area contributed by atoms with Crippen LogP contribution in [0.2, 0.25) is 0 Å². The Bertz CT molecular complexity index is 421. The van der Waals surface area contributed by atoms with Crippen LogP contribution in [0.3, 0.4) is 0 Å². The van der Waals surface area contributed by atoms with Crippen molar-refractivity contribution in [2.75, 3.05) is 18.4 Å². The molecule has 1 N–H and O–H groups in total. The van der Waals surface area contributed by atoms with Crippen molar-refractivity contribution in [2.45, 2.75) is 12.8 Å². The fraction of sp³-hybridized carbons (Fsp3) is 0.364. The summed E-state index contributed by atoms with van der Waals surface area (Å²) in [6.07, 6.45) is 2.19. The van der Waals surface area contributed by atoms with Crippen LogP contribution >= 0.6 is 47.8 Å². The Balaban J connectivity index is 2.15. The molecular formula is C11H11Br3N2O. The molecule has 2 amide bonds. The molecule has 1 fully saturated rings. The van der Waals surface area contributed by atoms with Gasteiger partial charge in [-0.1, -0.05) is 15.9 Å². The summed E-state index contributed by atoms with van der Waals surface area (Å²) >= 11 is 10.3. The Kier molecular flexibility index (Phi) is 4.49. The minimum absolute atomic E-state index is 0.0359. The molecule has 0 unspecified atom stereocenters. The SMILES string of the molecule is O=C(Nc1c(Br)cc(Br)cc1Br)N1CCCC1. The van der Waals surface area contributed by atoms with Gasteiger partial charge in [0.15, 0.2) is 0 Å². The van der Waals surface area contributed by atoms with Gasteiger partial charge in [0.25, 0.3) is 0 Å². The Hall–Kier alpha value is -0.0700. The van der Waals surface area contributed by atoms with Crippen LogP contribution in [0.15, 0.2) is 25.6 Å². The summed E-state index contributed by atoms with van der Waals surface area (Å²) in [6, 6.07) is 3.78. The topological polar surface area (TPSA) is 32.3 Å². The Labute approximate surface area is 125 Å². The number of hydrogen-bond donors (Lipinski definition) is 1. The minimum Gasteiger partial charge on any atom is -0.325 e. The third-order valence-electron chi connectivity index (χ3n) is 2.63. The van der Waals surface area contributed by atoms with Crippen molar-refractivity contribution < 1.29 is 4.79 Å². The van der Waals surface area contributed by atoms with Crippen molar-refractivity contribution in [3.8, 4) is 0 Å². The lowest BCUT2D eigenvalue weighted by molar-refractivity contribution is 0.222. The van der Waals surface area contributed by atoms with Gasteiger partial charge in [-0.3, -0.25) is 0 Å². The van der Waals surface area contributed by atoms with E-state index < -0.39 is 0 Å². The molecule has 1 aliphatic heterocycles. The van der Waals surface area contributed by atoms with E-state index in [9.17, 15) is 4.79 Å². The highest BCUT2D eigenvalue weighted by Crippen LogP contribution is 2.34. The molecule has 0 radical (unpaired) electrons. The van der Waals surface area contributed by atoms with Crippen LogP contribution in [0.5, 0.6) is 0 Å². The van der Waals surface area contributed by atoms with Crippen molar-refractivity contribution in [3.05, 3.63) is 25.6 Å². The maximum absolute atomic E-state index is 12.0. The predicted molar refractivity (Wildman–Crippen MR) is 79.4 cm³/mol. The highest BCUT2D eigenvalue weighted by molar-refractivity contribution is 9.11. The maximum atomic E-state index is 12.0. The molecular weight excluding hydrogens is 416 g/mol. The van der Waals surface area contributed by atoms with Gasteiger partial charge in [0.2, 0.25) is 0 Å². The molecule has 0 spiro atoms. The zero-order chi connectivity index (χ0) is 12.4. The second-order valence-electron chi connectivity index (χ2n) is 3.87. The second kappa shape index (κ2) is 5.71. The van der Waals surface area contributed by atoms with E-state index in [1.54, 1.807) is 0 Å². The number of nitrogens with zero attached hydrogens (tertiary/aromatic N) is 1. The molecule has 1 aromatic carbocycles. The standard InChI is InChI=1S/C11H11Br3N2O/c12-7-5-8(13)10(9(14)6-7)15-11(17)16-3-1-2-4-16/h5-6H,1-4H2,(H,15,17). The summed E-state index contributed by atoms with van der Waals surface area (Å²) < 4.78 is 2.66. The maximum Gasteiger partial charge on any atom is 0.321 e. The van der Waals surface area contributed by atoms with Crippen LogP contribution in [0.4, 0.5) is 10.5 Å². The lowest BCUT2D eigenvalue weighted by Gasteiger charge is -2.17. The smallest absolute Gasteiger partial charge is 0.321 e. The van der Waals surface area contributed by atoms with Crippen molar-refractivity contribution in [1.82, 2.24) is 4.90 Å². The summed E-state index contributed by atoms with van der Waals surface area (Å²) in [5.41, 5.74) is 0.769. The summed E-state index contributed by atoms with van der Waals surface area (Å²) in [6.45, 7) is 1.69. The van der Waals surface area contributed by atoms with Gasteiger partial charge in [-0.2, -0.15) is 0 Å². The number of hydrogen-bond acceptors (Lipinski definition) is 1. The third kappa shape index (κ3) is 3.23. The number of carbonyl (C=O) groups is 1. The van der Waals surface area contributed by atoms with Gasteiger partial charge in [0, 0.05) is 26.5 Å². The van der Waals surface area contributed by atoms with E-state index in [0.717, 1.165) is 45.0 Å². The van der Waals surface area contributed by atoms with Gasteiger partial charge in [0.1, 0.15) is 0 Å². The van der Waals surface area contributed by atoms with Crippen LogP contribution in [0.25, 0.3) is 0 Å². The molecule has 92 valence electrons. The number of nitrogens with one attached hydrogen (secondary N) is 1. The monoisotopic (exact) mass is 424 g/mol. The normalized spacial score (nSPS) is 15.1. The first kappa shape index (κ1) is 13.4. The quantitative estimate of drug-likeness (QED) is 0.699. The molecule has 1 aromatic rings. The first-order valence-corrected chi connectivity index (χ1v) is 7.66. The second-order valence-corrected chi connectivity index (χ2v) is 6.49. The molecule has 1 saturated heterocycles. The van der Waals surface area contributed by atoms with E-state index in [2.05, 4.69) is 53.1 Å². The molecule has 0 bridgehead atoms. The molecule has 6 heteroatoms. The largest absolute Gasteiger partial charge is 0.325 e. The van der Waals surface area contributed by atoms with E-state index >= 15 is 0 Å². The number of likely N-dealkylation sites (tertiary alicyclic amines) is 1. The average molecular weight is 427 g/mol. The number of carbonyl (C=O) groups excluding carboxylic acids is 1. The van der Waals surface area contributed by atoms with E-state index in [0.29, 0.717) is 0 Å². The number of amides is 2. The fourth-order valence-electron chi connectivity index (χ4n) is 1.77. The Morgan fingerprint density at radius 1 is 1.12 bits per heavy atom. The van der Waals surface area contributed by atoms with Crippen molar-refractivity contribution in [2.24, 2.45) is 0 Å². The van der Waals surface area contributed by atoms with E-state index in [4.69, 9.17) is 0 Å². The zero-order valence-corrected chi connectivity index (χ0v) is 13.7. The first-order valence-electron chi connectivity index (χ1n) is 5.28. The van der Waals surface area contributed by atoms with Crippen LogP contribution in [-0.4, -0.2) is 24.0 Å². The molecule has 17 heavy (non-hydrogen) atoms. The fourth-order valence-corrected chi connectivity index (χ4v) is 4.22. The number of halogens is 3. The zero-order valence-electron chi connectivity index (χ0n) is 8.97. The average Bonchev–Trinajstić information content (AvgIpc) is 2.76. The number of urea groups is 1. The van der Waals surface area contributed by atoms with Crippen molar-refractivity contribution >= 4 is 59.5 Å². The van der Waals surface area contributed by atoms with E-state index in [-0.39, 0.29) is 6.03 Å². The molecule has 2 rings (SSSR count). The van der Waals surface area contributed by atoms with Crippen LogP contribution in [0.1, 0.15) is 12.8 Å². The molecule has 0 atom stereocenters. The summed E-state index contributed by atoms with van der Waals surface area (Å²) in [5.74, 6) is 0. The van der Waals surface area contributed by atoms with Crippen LogP contribution in [0, 0.1) is 0 Å². The first-order chi connectivity index (χ1) is 8.08. The number of rotatable bonds is 1. The summed E-state index contributed by atoms with van der Waals surface area (Å²) in [5, 5.41) is 2.92. The van der Waals surface area contributed by atoms with Gasteiger partial charge in [-0.25, -0.2) is 4.79 Å². The molecule has 0 aromatic heterocycles. The van der Waals surface area contributed by atoms with Gasteiger partial charge in [-0.15, -0.1) is 0 Å². The molecule has 0 saturated carbocycles. The molecule has 1 aliphatic rings. The number of benzene rings is 1. The molecule has 1 heterocycles. The molecule has 0 aliphatic carbocycles. The Morgan fingerprint density at radius 3 is 2.18 bits per heavy atom. The van der Waals surface area contributed by atoms with Gasteiger partial charge in [0.05, 0.1) is 5.69 Å². The van der Waals surface area contributed by atoms with Crippen molar-refractivity contribution in [1.29, 1.82) is 0 Å². The van der Waals surface area contributed by atoms with Crippen LogP contribution < -0.4 is 5.32 Å². The summed E-state index contributed by atoms with van der Waals surface area (Å²) in [4.78, 5) is 13.8. The predicted octanol–water partition coefficient (Wildman–Crippen LogP) is 4.60. The van der Waals surface area contributed by atoms with E-state index in [1.807, 2.05) is 17.0 Å². The summed E-state index contributed by atoms with van der Waals surface area (Å²) in [7, 11) is 0. The van der Waals surface area contributed by atoms with Gasteiger partial charge in [-0.05, 0) is 56.8 Å². The third-order valence-corrected chi connectivity index (χ3v) is 4.34. The Morgan fingerprint density at radius 2 is 1.65 bits per heavy atom. The van der Waals surface area contributed by atoms with Gasteiger partial charge < -0.3 is 10.2 Å². The highest BCUT2D eigenvalue weighted by Gasteiger charge is 2.19. The minimum atomic E-state index is -0.0359. The van der Waals surface area contributed by atoms with Crippen LogP contribution in [-0.2, 0) is 0 Å². The lowest BCUT2D eigenvalue weighted by atomic mass is 10.3. The van der Waals surface area contributed by atoms with E-state index in [1.165, 1.54) is 0 Å². The van der Waals surface area contributed by atoms with Gasteiger partial charge >= 0.3 is 6.03 Å². The van der Waals surface area contributed by atoms with Crippen molar-refractivity contribution in [3.63, 3.8) is 0 Å². The lowest BCUT2D eigenvalue weighted by Crippen LogP contribution is -2.32. The number of anilines is 1. The molecule has 3 nitrogen and oxygen atoms in total.